The van der Waals surface area contributed by atoms with Crippen molar-refractivity contribution in [3.8, 4) is 0 Å². The van der Waals surface area contributed by atoms with E-state index in [0.29, 0.717) is 12.2 Å². The predicted molar refractivity (Wildman–Crippen MR) is 273 cm³/mol. The molecule has 0 amide bonds. The van der Waals surface area contributed by atoms with Crippen LogP contribution >= 0.6 is 0 Å². The summed E-state index contributed by atoms with van der Waals surface area (Å²) in [5, 5.41) is 0. The predicted octanol–water partition coefficient (Wildman–Crippen LogP) is 19.3. The Morgan fingerprint density at radius 1 is 0.356 bits per heavy atom. The van der Waals surface area contributed by atoms with Crippen molar-refractivity contribution in [3.05, 3.63) is 58.7 Å². The summed E-state index contributed by atoms with van der Waals surface area (Å²) in [6.07, 6.45) is 30.9. The van der Waals surface area contributed by atoms with E-state index in [-0.39, 0.29) is 23.7 Å². The summed E-state index contributed by atoms with van der Waals surface area (Å²) in [4.78, 5) is 0. The largest absolute Gasteiger partial charge is 0.378 e. The zero-order valence-corrected chi connectivity index (χ0v) is 40.2. The number of ether oxygens (including phenoxy) is 2. The van der Waals surface area contributed by atoms with E-state index >= 15 is 0 Å². The van der Waals surface area contributed by atoms with E-state index in [9.17, 15) is 0 Å². The first-order valence-electron chi connectivity index (χ1n) is 24.1. The molecule has 2 saturated carbocycles. The van der Waals surface area contributed by atoms with Crippen LogP contribution in [-0.2, 0) is 9.47 Å². The van der Waals surface area contributed by atoms with Gasteiger partial charge in [0.05, 0.1) is 12.2 Å². The molecule has 7 rings (SSSR count). The molecule has 0 radical (unpaired) electrons. The first-order valence-corrected chi connectivity index (χ1v) is 24.1. The van der Waals surface area contributed by atoms with Crippen molar-refractivity contribution in [1.82, 2.24) is 0 Å². The minimum atomic E-state index is 0. The van der Waals surface area contributed by atoms with Crippen molar-refractivity contribution >= 4 is 0 Å². The van der Waals surface area contributed by atoms with E-state index in [2.05, 4.69) is 133 Å². The average Bonchev–Trinajstić information content (AvgIpc) is 3.18. The van der Waals surface area contributed by atoms with Crippen molar-refractivity contribution in [2.24, 2.45) is 47.3 Å². The van der Waals surface area contributed by atoms with Crippen LogP contribution < -0.4 is 0 Å². The van der Waals surface area contributed by atoms with Crippen LogP contribution in [0.15, 0.2) is 47.6 Å². The molecular formula is C57H112O2. The van der Waals surface area contributed by atoms with Gasteiger partial charge in [-0.05, 0) is 153 Å². The van der Waals surface area contributed by atoms with Gasteiger partial charge in [-0.3, -0.25) is 0 Å². The highest BCUT2D eigenvalue weighted by Gasteiger charge is 2.15. The van der Waals surface area contributed by atoms with Crippen LogP contribution in [-0.4, -0.2) is 25.4 Å². The Bertz CT molecular complexity index is 938. The molecule has 1 aromatic carbocycles. The van der Waals surface area contributed by atoms with Gasteiger partial charge in [0.25, 0.3) is 0 Å². The monoisotopic (exact) mass is 829 g/mol. The smallest absolute Gasteiger partial charge is 0.0547 e. The molecule has 2 nitrogen and oxygen atoms in total. The standard InChI is InChI=1S/2C8H16.2C8H14.C8H10.2C7H14O.3CH4.H2/c5*1-7-3-5-8(2)6-4-7;2*1-6-3-4-7(2)8-5-6;;;;/h2*7-8H,3-6H2,1-2H3;2*3,8H,4-6H2,1-2H3;3-6H,1-2H3;2*6-7H,3-5H2,1-2H3;3*1H4;1H. The normalized spacial score (nSPS) is 30.9. The Morgan fingerprint density at radius 2 is 0.610 bits per heavy atom. The Morgan fingerprint density at radius 3 is 0.780 bits per heavy atom. The van der Waals surface area contributed by atoms with Crippen molar-refractivity contribution in [2.45, 2.75) is 247 Å². The third-order valence-electron chi connectivity index (χ3n) is 13.1. The first kappa shape index (κ1) is 61.9. The summed E-state index contributed by atoms with van der Waals surface area (Å²) in [6.45, 7) is 33.5. The molecule has 352 valence electrons. The van der Waals surface area contributed by atoms with Crippen LogP contribution in [0.4, 0.5) is 0 Å². The highest BCUT2D eigenvalue weighted by Crippen LogP contribution is 2.28. The molecule has 2 saturated heterocycles. The maximum Gasteiger partial charge on any atom is 0.0547 e. The SMILES string of the molecule is C.C.C.CC1=CCC(C)CC1.CC1=CCC(C)CC1.CC1CCC(C)CC1.CC1CCC(C)CC1.CC1CCC(C)OC1.CC1CCC(C)OC1.Cc1ccc(C)cc1.[HH]. The Kier molecular flexibility index (Phi) is 39.0. The van der Waals surface area contributed by atoms with Crippen LogP contribution in [0.2, 0.25) is 0 Å². The van der Waals surface area contributed by atoms with Gasteiger partial charge in [-0.2, -0.15) is 0 Å². The van der Waals surface area contributed by atoms with Gasteiger partial charge in [0, 0.05) is 14.6 Å². The van der Waals surface area contributed by atoms with Gasteiger partial charge >= 0.3 is 0 Å². The lowest BCUT2D eigenvalue weighted by Crippen LogP contribution is -2.21. The molecule has 2 aliphatic heterocycles. The minimum Gasteiger partial charge on any atom is -0.378 e. The van der Waals surface area contributed by atoms with Crippen molar-refractivity contribution in [1.29, 1.82) is 0 Å². The van der Waals surface area contributed by atoms with E-state index in [1.807, 2.05) is 0 Å². The van der Waals surface area contributed by atoms with Crippen LogP contribution in [0.1, 0.15) is 233 Å². The molecule has 0 bridgehead atoms. The lowest BCUT2D eigenvalue weighted by molar-refractivity contribution is 0.000174. The zero-order chi connectivity index (χ0) is 41.9. The van der Waals surface area contributed by atoms with Crippen molar-refractivity contribution < 1.29 is 10.9 Å². The van der Waals surface area contributed by atoms with Crippen LogP contribution in [0, 0.1) is 61.2 Å². The van der Waals surface area contributed by atoms with Gasteiger partial charge in [0.2, 0.25) is 0 Å². The van der Waals surface area contributed by atoms with Gasteiger partial charge in [-0.1, -0.05) is 188 Å². The number of hydrogen-bond acceptors (Lipinski definition) is 2. The second kappa shape index (κ2) is 37.2. The van der Waals surface area contributed by atoms with Gasteiger partial charge in [-0.25, -0.2) is 0 Å². The summed E-state index contributed by atoms with van der Waals surface area (Å²) < 4.78 is 10.8. The minimum absolute atomic E-state index is 0. The molecule has 0 N–H and O–H groups in total. The van der Waals surface area contributed by atoms with Gasteiger partial charge < -0.3 is 9.47 Å². The zero-order valence-electron chi connectivity index (χ0n) is 40.2. The van der Waals surface area contributed by atoms with E-state index < -0.39 is 0 Å². The maximum absolute atomic E-state index is 5.39. The van der Waals surface area contributed by atoms with Crippen LogP contribution in [0.3, 0.4) is 0 Å². The fourth-order valence-electron chi connectivity index (χ4n) is 7.71. The number of rotatable bonds is 0. The molecule has 2 heterocycles. The molecule has 4 aliphatic carbocycles. The molecule has 1 aromatic rings. The molecule has 6 aliphatic rings. The van der Waals surface area contributed by atoms with Crippen molar-refractivity contribution in [3.63, 3.8) is 0 Å². The molecule has 2 heteroatoms. The number of benzene rings is 1. The van der Waals surface area contributed by atoms with E-state index in [4.69, 9.17) is 9.47 Å². The highest BCUT2D eigenvalue weighted by molar-refractivity contribution is 5.19. The first-order chi connectivity index (χ1) is 26.5. The second-order valence-electron chi connectivity index (χ2n) is 20.4. The van der Waals surface area contributed by atoms with Crippen molar-refractivity contribution in [2.75, 3.05) is 13.2 Å². The lowest BCUT2D eigenvalue weighted by atomic mass is 9.84. The maximum atomic E-state index is 5.39. The summed E-state index contributed by atoms with van der Waals surface area (Å²) in [6, 6.07) is 8.48. The topological polar surface area (TPSA) is 18.5 Å². The Hall–Kier alpha value is -1.38. The Balaban J connectivity index is -0.000000302. The van der Waals surface area contributed by atoms with Gasteiger partial charge in [0.1, 0.15) is 0 Å². The van der Waals surface area contributed by atoms with Crippen LogP contribution in [0.25, 0.3) is 0 Å². The molecular weight excluding hydrogens is 717 g/mol. The van der Waals surface area contributed by atoms with E-state index in [0.717, 1.165) is 60.6 Å². The van der Waals surface area contributed by atoms with E-state index in [1.165, 1.54) is 127 Å². The molecule has 4 fully saturated rings. The second-order valence-corrected chi connectivity index (χ2v) is 20.4. The number of hydrogen-bond donors (Lipinski definition) is 0. The third-order valence-corrected chi connectivity index (χ3v) is 13.1. The molecule has 0 aromatic heterocycles. The molecule has 59 heavy (non-hydrogen) atoms. The third kappa shape index (κ3) is 35.9. The summed E-state index contributed by atoms with van der Waals surface area (Å²) in [5.74, 6) is 7.56. The Labute approximate surface area is 375 Å². The quantitative estimate of drug-likeness (QED) is 0.243. The van der Waals surface area contributed by atoms with Gasteiger partial charge in [-0.15, -0.1) is 0 Å². The average molecular weight is 830 g/mol. The molecule has 6 atom stereocenters. The van der Waals surface area contributed by atoms with E-state index in [1.54, 1.807) is 11.1 Å². The van der Waals surface area contributed by atoms with Crippen LogP contribution in [0.5, 0.6) is 0 Å². The van der Waals surface area contributed by atoms with Gasteiger partial charge in [0.15, 0.2) is 0 Å². The number of aryl methyl sites for hydroxylation is 2. The highest BCUT2D eigenvalue weighted by atomic mass is 16.5. The summed E-state index contributed by atoms with van der Waals surface area (Å²) >= 11 is 0. The fraction of sp³-hybridized carbons (Fsp3) is 0.825. The molecule has 0 spiro atoms. The summed E-state index contributed by atoms with van der Waals surface area (Å²) in [5.41, 5.74) is 5.83. The molecule has 6 unspecified atom stereocenters. The lowest BCUT2D eigenvalue weighted by Gasteiger charge is -2.23. The number of allylic oxidation sites excluding steroid dienone is 4. The summed E-state index contributed by atoms with van der Waals surface area (Å²) in [7, 11) is 0. The fourth-order valence-corrected chi connectivity index (χ4v) is 7.71.